The van der Waals surface area contributed by atoms with Gasteiger partial charge in [0.05, 0.1) is 24.2 Å². The van der Waals surface area contributed by atoms with Crippen LogP contribution >= 0.6 is 0 Å². The Morgan fingerprint density at radius 3 is 3.04 bits per heavy atom. The number of methoxy groups -OCH3 is 1. The van der Waals surface area contributed by atoms with Gasteiger partial charge >= 0.3 is 0 Å². The summed E-state index contributed by atoms with van der Waals surface area (Å²) >= 11 is 0. The van der Waals surface area contributed by atoms with Gasteiger partial charge in [-0.25, -0.2) is 0 Å². The van der Waals surface area contributed by atoms with Crippen molar-refractivity contribution >= 4 is 0 Å². The van der Waals surface area contributed by atoms with Crippen LogP contribution in [0.5, 0.6) is 11.5 Å². The summed E-state index contributed by atoms with van der Waals surface area (Å²) in [5.74, 6) is 1.43. The van der Waals surface area contributed by atoms with Crippen LogP contribution in [-0.2, 0) is 11.8 Å². The molecule has 1 spiro atoms. The molecule has 2 aliphatic heterocycles. The maximum atomic E-state index is 12.0. The third kappa shape index (κ3) is 1.65. The van der Waals surface area contributed by atoms with E-state index in [1.807, 2.05) is 12.1 Å². The SMILES string of the molecule is C=CCN1CC[C@@]23c4c5ccc(OC)c4OC2[C@@H](O)CC[C@]3(O)[C@@H]1C5. The molecule has 2 fully saturated rings. The minimum absolute atomic E-state index is 0.0321. The molecule has 1 saturated heterocycles. The molecule has 5 heteroatoms. The van der Waals surface area contributed by atoms with Gasteiger partial charge in [-0.05, 0) is 43.9 Å². The van der Waals surface area contributed by atoms with Gasteiger partial charge in [0.2, 0.25) is 0 Å². The predicted molar refractivity (Wildman–Crippen MR) is 93.2 cm³/mol. The van der Waals surface area contributed by atoms with Crippen molar-refractivity contribution < 1.29 is 19.7 Å². The monoisotopic (exact) mass is 343 g/mol. The molecule has 2 aliphatic carbocycles. The first kappa shape index (κ1) is 15.7. The fourth-order valence-corrected chi connectivity index (χ4v) is 6.14. The fraction of sp³-hybridized carbons (Fsp3) is 0.600. The van der Waals surface area contributed by atoms with E-state index >= 15 is 0 Å². The number of benzene rings is 1. The summed E-state index contributed by atoms with van der Waals surface area (Å²) in [7, 11) is 1.64. The van der Waals surface area contributed by atoms with Crippen LogP contribution in [0.2, 0.25) is 0 Å². The lowest BCUT2D eigenvalue weighted by atomic mass is 9.48. The standard InChI is InChI=1S/C20H25NO4/c1-3-9-21-10-8-19-16-12-4-5-14(24-2)17(16)25-18(19)13(22)6-7-20(19,23)15(21)11-12/h3-5,13,15,18,22-23H,1,6-11H2,2H3/t13-,15-,18?,19+,20-/m0/s1. The summed E-state index contributed by atoms with van der Waals surface area (Å²) in [6.45, 7) is 5.54. The van der Waals surface area contributed by atoms with Crippen molar-refractivity contribution in [1.29, 1.82) is 0 Å². The number of hydrogen-bond acceptors (Lipinski definition) is 5. The lowest BCUT2D eigenvalue weighted by molar-refractivity contribution is -0.206. The molecule has 25 heavy (non-hydrogen) atoms. The summed E-state index contributed by atoms with van der Waals surface area (Å²) in [6, 6.07) is 4.09. The zero-order valence-corrected chi connectivity index (χ0v) is 14.6. The molecule has 1 saturated carbocycles. The summed E-state index contributed by atoms with van der Waals surface area (Å²) in [5.41, 5.74) is 0.885. The number of aliphatic hydroxyl groups is 2. The van der Waals surface area contributed by atoms with Crippen molar-refractivity contribution in [1.82, 2.24) is 4.90 Å². The second-order valence-electron chi connectivity index (χ2n) is 7.92. The van der Waals surface area contributed by atoms with E-state index in [2.05, 4.69) is 17.5 Å². The highest BCUT2D eigenvalue weighted by atomic mass is 16.5. The van der Waals surface area contributed by atoms with Crippen LogP contribution in [0, 0.1) is 0 Å². The van der Waals surface area contributed by atoms with Gasteiger partial charge in [0.25, 0.3) is 0 Å². The van der Waals surface area contributed by atoms with Crippen LogP contribution in [0.15, 0.2) is 24.8 Å². The van der Waals surface area contributed by atoms with E-state index in [0.29, 0.717) is 18.6 Å². The Labute approximate surface area is 147 Å². The molecule has 0 aromatic heterocycles. The van der Waals surface area contributed by atoms with E-state index in [9.17, 15) is 10.2 Å². The van der Waals surface area contributed by atoms with E-state index in [0.717, 1.165) is 37.2 Å². The number of hydrogen-bond donors (Lipinski definition) is 2. The number of likely N-dealkylation sites (tertiary alicyclic amines) is 1. The normalized spacial score (nSPS) is 41.0. The summed E-state index contributed by atoms with van der Waals surface area (Å²) in [5, 5.41) is 22.7. The van der Waals surface area contributed by atoms with Crippen molar-refractivity contribution in [3.8, 4) is 11.5 Å². The highest BCUT2D eigenvalue weighted by Gasteiger charge is 2.72. The van der Waals surface area contributed by atoms with Crippen LogP contribution in [-0.4, -0.2) is 59.2 Å². The van der Waals surface area contributed by atoms with E-state index in [1.54, 1.807) is 7.11 Å². The molecule has 5 atom stereocenters. The molecule has 1 aromatic carbocycles. The van der Waals surface area contributed by atoms with Gasteiger partial charge in [0.15, 0.2) is 11.5 Å². The molecular weight excluding hydrogens is 318 g/mol. The van der Waals surface area contributed by atoms with Gasteiger partial charge < -0.3 is 19.7 Å². The van der Waals surface area contributed by atoms with Crippen molar-refractivity contribution in [3.63, 3.8) is 0 Å². The molecule has 1 unspecified atom stereocenters. The Hall–Kier alpha value is -1.56. The van der Waals surface area contributed by atoms with Crippen molar-refractivity contribution in [2.24, 2.45) is 0 Å². The second kappa shape index (κ2) is 5.00. The average molecular weight is 343 g/mol. The maximum absolute atomic E-state index is 12.0. The summed E-state index contributed by atoms with van der Waals surface area (Å²) in [4.78, 5) is 2.35. The minimum Gasteiger partial charge on any atom is -0.493 e. The van der Waals surface area contributed by atoms with Crippen LogP contribution in [0.25, 0.3) is 0 Å². The van der Waals surface area contributed by atoms with E-state index < -0.39 is 23.2 Å². The number of piperidine rings is 1. The maximum Gasteiger partial charge on any atom is 0.166 e. The lowest BCUT2D eigenvalue weighted by Crippen LogP contribution is -2.77. The molecule has 1 aromatic rings. The highest BCUT2D eigenvalue weighted by Crippen LogP contribution is 2.65. The Kier molecular flexibility index (Phi) is 3.13. The fourth-order valence-electron chi connectivity index (χ4n) is 6.14. The first-order valence-electron chi connectivity index (χ1n) is 9.19. The third-order valence-electron chi connectivity index (χ3n) is 7.11. The van der Waals surface area contributed by atoms with Crippen LogP contribution in [0.1, 0.15) is 30.4 Å². The molecule has 2 N–H and O–H groups in total. The van der Waals surface area contributed by atoms with E-state index in [1.165, 1.54) is 5.56 Å². The first-order valence-corrected chi connectivity index (χ1v) is 9.19. The quantitative estimate of drug-likeness (QED) is 0.813. The van der Waals surface area contributed by atoms with Crippen LogP contribution in [0.3, 0.4) is 0 Å². The largest absolute Gasteiger partial charge is 0.493 e. The Morgan fingerprint density at radius 2 is 2.28 bits per heavy atom. The zero-order valence-electron chi connectivity index (χ0n) is 14.6. The first-order chi connectivity index (χ1) is 12.1. The van der Waals surface area contributed by atoms with Gasteiger partial charge in [-0.3, -0.25) is 4.90 Å². The average Bonchev–Trinajstić information content (AvgIpc) is 2.96. The predicted octanol–water partition coefficient (Wildman–Crippen LogP) is 1.40. The molecule has 5 nitrogen and oxygen atoms in total. The molecule has 0 amide bonds. The molecule has 5 rings (SSSR count). The second-order valence-corrected chi connectivity index (χ2v) is 7.92. The topological polar surface area (TPSA) is 62.2 Å². The van der Waals surface area contributed by atoms with Crippen molar-refractivity contribution in [2.45, 2.75) is 54.9 Å². The summed E-state index contributed by atoms with van der Waals surface area (Å²) in [6.07, 6.45) is 3.69. The van der Waals surface area contributed by atoms with E-state index in [4.69, 9.17) is 9.47 Å². The molecule has 4 aliphatic rings. The van der Waals surface area contributed by atoms with E-state index in [-0.39, 0.29) is 6.04 Å². The third-order valence-corrected chi connectivity index (χ3v) is 7.11. The molecule has 2 bridgehead atoms. The van der Waals surface area contributed by atoms with Crippen molar-refractivity contribution in [3.05, 3.63) is 35.9 Å². The minimum atomic E-state index is -0.886. The van der Waals surface area contributed by atoms with Gasteiger partial charge in [0, 0.05) is 18.2 Å². The Morgan fingerprint density at radius 1 is 1.44 bits per heavy atom. The van der Waals surface area contributed by atoms with Crippen LogP contribution in [0.4, 0.5) is 0 Å². The highest BCUT2D eigenvalue weighted by molar-refractivity contribution is 5.62. The zero-order chi connectivity index (χ0) is 17.4. The van der Waals surface area contributed by atoms with Gasteiger partial charge in [-0.15, -0.1) is 6.58 Å². The number of ether oxygens (including phenoxy) is 2. The molecule has 2 heterocycles. The number of nitrogens with zero attached hydrogens (tertiary/aromatic N) is 1. The van der Waals surface area contributed by atoms with Gasteiger partial charge in [-0.1, -0.05) is 12.1 Å². The van der Waals surface area contributed by atoms with Crippen LogP contribution < -0.4 is 9.47 Å². The molecule has 0 radical (unpaired) electrons. The van der Waals surface area contributed by atoms with Crippen molar-refractivity contribution in [2.75, 3.05) is 20.2 Å². The Balaban J connectivity index is 1.77. The number of rotatable bonds is 3. The molecule has 134 valence electrons. The van der Waals surface area contributed by atoms with Gasteiger partial charge in [-0.2, -0.15) is 0 Å². The summed E-state index contributed by atoms with van der Waals surface area (Å²) < 4.78 is 11.8. The smallest absolute Gasteiger partial charge is 0.166 e. The van der Waals surface area contributed by atoms with Gasteiger partial charge in [0.1, 0.15) is 6.10 Å². The number of aliphatic hydroxyl groups excluding tert-OH is 1. The lowest BCUT2D eigenvalue weighted by Gasteiger charge is -2.63. The Bertz CT molecular complexity index is 749. The molecular formula is C20H25NO4.